The van der Waals surface area contributed by atoms with Gasteiger partial charge in [0.15, 0.2) is 0 Å². The van der Waals surface area contributed by atoms with Crippen LogP contribution >= 0.6 is 0 Å². The molecule has 0 aromatic rings. The van der Waals surface area contributed by atoms with Gasteiger partial charge in [0.25, 0.3) is 0 Å². The maximum atomic E-state index is 8.25. The van der Waals surface area contributed by atoms with Crippen molar-refractivity contribution in [3.05, 3.63) is 145 Å². The van der Waals surface area contributed by atoms with Gasteiger partial charge >= 0.3 is 29.8 Å². The second-order valence-corrected chi connectivity index (χ2v) is 2.01. The number of rotatable bonds is 0. The number of hydrogen-bond donors (Lipinski definition) is 0. The minimum Gasteiger partial charge on any atom is -0.356 e. The van der Waals surface area contributed by atoms with Gasteiger partial charge in [0.05, 0.1) is 45.8 Å². The van der Waals surface area contributed by atoms with E-state index in [-0.39, 0.29) is 29.8 Å². The monoisotopic (exact) mass is 751 g/mol. The van der Waals surface area contributed by atoms with E-state index in [9.17, 15) is 0 Å². The SMILES string of the molecule is O=[N+]([O-])[O-].O=[N+]([O-])[O-].O=[N+]([O-])[O-].O=[N+]([O-])[O-].O=[N+]([O-])[O-].O=[N+]([O-])[O-].O=[N+]([O-])[O-].O=[N+]([O-])[O-].O=[N+]([O-])[O-].[C+4].[Ta+5]. The van der Waals surface area contributed by atoms with Crippen LogP contribution in [-0.2, 0) is 22.4 Å². The Kier molecular flexibility index (Phi) is 116. The summed E-state index contributed by atoms with van der Waals surface area (Å²) in [5.74, 6) is 0. The van der Waals surface area contributed by atoms with Crippen molar-refractivity contribution in [2.24, 2.45) is 0 Å². The zero-order valence-electron chi connectivity index (χ0n) is 16.0. The first-order chi connectivity index (χ1) is 15.6. The summed E-state index contributed by atoms with van der Waals surface area (Å²) in [6, 6.07) is 0. The van der Waals surface area contributed by atoms with Crippen LogP contribution in [-0.4, -0.2) is 45.8 Å². The smallest absolute Gasteiger partial charge is 0.356 e. The molecule has 0 spiro atoms. The van der Waals surface area contributed by atoms with E-state index in [4.69, 9.17) is 138 Å². The van der Waals surface area contributed by atoms with Gasteiger partial charge in [-0.15, -0.1) is 0 Å². The Morgan fingerprint density at radius 1 is 0.211 bits per heavy atom. The molecule has 0 aliphatic rings. The molecule has 0 radical (unpaired) electrons. The summed E-state index contributed by atoms with van der Waals surface area (Å²) in [7, 11) is 0. The molecular weight excluding hydrogens is 751 g/mol. The second-order valence-electron chi connectivity index (χ2n) is 2.01. The van der Waals surface area contributed by atoms with Gasteiger partial charge in [-0.1, -0.05) is 0 Å². The predicted molar refractivity (Wildman–Crippen MR) is 96.5 cm³/mol. The van der Waals surface area contributed by atoms with Gasteiger partial charge in [-0.05, 0) is 0 Å². The Hall–Kier alpha value is -6.46. The van der Waals surface area contributed by atoms with Crippen LogP contribution in [0.3, 0.4) is 0 Å². The van der Waals surface area contributed by atoms with Crippen molar-refractivity contribution in [2.75, 3.05) is 0 Å². The topological polar surface area (TPSA) is 596 Å². The summed E-state index contributed by atoms with van der Waals surface area (Å²) in [5, 5.41) is 133. The minimum absolute atomic E-state index is 0. The quantitative estimate of drug-likeness (QED) is 0.189. The van der Waals surface area contributed by atoms with Crippen LogP contribution in [0.25, 0.3) is 0 Å². The first-order valence-corrected chi connectivity index (χ1v) is 4.93. The molecule has 0 aliphatic heterocycles. The van der Waals surface area contributed by atoms with Gasteiger partial charge in [-0.25, -0.2) is 0 Å². The van der Waals surface area contributed by atoms with Crippen molar-refractivity contribution in [1.29, 1.82) is 0 Å². The summed E-state index contributed by atoms with van der Waals surface area (Å²) in [6.07, 6.45) is 0. The van der Waals surface area contributed by atoms with Gasteiger partial charge < -0.3 is 138 Å². The maximum Gasteiger partial charge on any atom is 5.00 e. The molecule has 0 N–H and O–H groups in total. The molecule has 38 heavy (non-hydrogen) atoms. The zero-order chi connectivity index (χ0) is 32.2. The van der Waals surface area contributed by atoms with Crippen LogP contribution in [0.2, 0.25) is 0 Å². The van der Waals surface area contributed by atoms with Crippen LogP contribution in [0, 0.1) is 145 Å². The molecule has 0 atom stereocenters. The van der Waals surface area contributed by atoms with Crippen LogP contribution in [0.5, 0.6) is 0 Å². The second kappa shape index (κ2) is 63.2. The summed E-state index contributed by atoms with van der Waals surface area (Å²) >= 11 is 0. The normalized spacial score (nSPS) is 5.68. The first-order valence-electron chi connectivity index (χ1n) is 4.93. The van der Waals surface area contributed by atoms with Gasteiger partial charge in [0.2, 0.25) is 0 Å². The Morgan fingerprint density at radius 3 is 0.211 bits per heavy atom. The maximum absolute atomic E-state index is 8.25. The van der Waals surface area contributed by atoms with E-state index in [2.05, 4.69) is 0 Å². The third-order valence-electron chi connectivity index (χ3n) is 0. The molecule has 0 aromatic carbocycles. The molecule has 0 aromatic heterocycles. The van der Waals surface area contributed by atoms with E-state index < -0.39 is 45.8 Å². The van der Waals surface area contributed by atoms with Crippen LogP contribution < -0.4 is 0 Å². The molecule has 0 bridgehead atoms. The predicted octanol–water partition coefficient (Wildman–Crippen LogP) is -2.07. The average Bonchev–Trinajstić information content (AvgIpc) is 2.39. The largest absolute Gasteiger partial charge is 5.00 e. The molecule has 0 aliphatic carbocycles. The standard InChI is InChI=1S/C.9NO3.Ta/c;9*2-1(3)4;/q+4;9*-1;+5. The number of hydrogen-bond acceptors (Lipinski definition) is 27. The Labute approximate surface area is 214 Å². The fourth-order valence-electron chi connectivity index (χ4n) is 0. The molecule has 0 saturated carbocycles. The third kappa shape index (κ3) is 577. The summed E-state index contributed by atoms with van der Waals surface area (Å²) in [4.78, 5) is 74.2. The average molecular weight is 751 g/mol. The van der Waals surface area contributed by atoms with E-state index in [0.29, 0.717) is 0 Å². The molecule has 0 heterocycles. The van der Waals surface area contributed by atoms with Crippen molar-refractivity contribution < 1.29 is 68.2 Å². The Balaban J connectivity index is -0.0000000238. The van der Waals surface area contributed by atoms with Crippen molar-refractivity contribution >= 4 is 0 Å². The van der Waals surface area contributed by atoms with E-state index in [1.54, 1.807) is 0 Å². The molecule has 0 fully saturated rings. The summed E-state index contributed by atoms with van der Waals surface area (Å²) in [5.41, 5.74) is 0. The Morgan fingerprint density at radius 2 is 0.211 bits per heavy atom. The van der Waals surface area contributed by atoms with Crippen molar-refractivity contribution in [3.63, 3.8) is 0 Å². The van der Waals surface area contributed by atoms with Crippen LogP contribution in [0.1, 0.15) is 0 Å². The number of nitrogens with zero attached hydrogens (tertiary/aromatic N) is 9. The van der Waals surface area contributed by atoms with Gasteiger partial charge in [-0.2, -0.15) is 0 Å². The fraction of sp³-hybridized carbons (Fsp3) is 0. The van der Waals surface area contributed by atoms with Crippen LogP contribution in [0.4, 0.5) is 0 Å². The molecule has 37 heteroatoms. The van der Waals surface area contributed by atoms with Gasteiger partial charge in [0, 0.05) is 0 Å². The van der Waals surface area contributed by atoms with E-state index >= 15 is 0 Å². The molecule has 36 nitrogen and oxygen atoms in total. The van der Waals surface area contributed by atoms with Crippen molar-refractivity contribution in [1.82, 2.24) is 0 Å². The summed E-state index contributed by atoms with van der Waals surface area (Å²) < 4.78 is 0. The van der Waals surface area contributed by atoms with E-state index in [1.165, 1.54) is 0 Å². The molecule has 0 unspecified atom stereocenters. The third-order valence-corrected chi connectivity index (χ3v) is 0. The molecule has 0 rings (SSSR count). The zero-order valence-corrected chi connectivity index (χ0v) is 19.2. The molecular formula is CN9O27Ta. The molecule has 0 saturated heterocycles. The van der Waals surface area contributed by atoms with Crippen molar-refractivity contribution in [2.45, 2.75) is 0 Å². The summed E-state index contributed by atoms with van der Waals surface area (Å²) in [6.45, 7) is 0. The minimum atomic E-state index is -1.75. The molecule has 0 amide bonds. The van der Waals surface area contributed by atoms with Crippen molar-refractivity contribution in [3.8, 4) is 0 Å². The molecule has 216 valence electrons. The van der Waals surface area contributed by atoms with Gasteiger partial charge in [0.1, 0.15) is 0 Å². The fourth-order valence-corrected chi connectivity index (χ4v) is 0. The first kappa shape index (κ1) is 69.7. The van der Waals surface area contributed by atoms with Gasteiger partial charge in [-0.3, -0.25) is 0 Å². The van der Waals surface area contributed by atoms with Crippen LogP contribution in [0.15, 0.2) is 0 Å². The van der Waals surface area contributed by atoms with E-state index in [0.717, 1.165) is 0 Å². The Bertz CT molecular complexity index is 421. The van der Waals surface area contributed by atoms with E-state index in [1.807, 2.05) is 0 Å².